The first kappa shape index (κ1) is 25.9. The summed E-state index contributed by atoms with van der Waals surface area (Å²) in [6.07, 6.45) is 7.75. The number of fused-ring (bicyclic) bond motifs is 1. The largest absolute Gasteiger partial charge is 0.496 e. The standard InChI is InChI=1S/C28H27Cl2N5O3/c1-3-26(36)35-10-7-16(8-11-35)19-14-20-23(6-9-31-24(20)15-25(19)38-2)34-27-21(29)12-18(13-22(27)30)33-28(37)32-17-4-5-17/h3,6-7,9,12-15,17H,1,4-5,8,10-11H2,2H3,(H,31,34)(H2,32,33,37). The molecule has 2 aromatic carbocycles. The van der Waals surface area contributed by atoms with Crippen molar-refractivity contribution < 1.29 is 14.3 Å². The van der Waals surface area contributed by atoms with Gasteiger partial charge >= 0.3 is 6.03 Å². The van der Waals surface area contributed by atoms with Crippen molar-refractivity contribution >= 4 is 68.7 Å². The Bertz CT molecular complexity index is 1450. The molecule has 10 heteroatoms. The van der Waals surface area contributed by atoms with Crippen LogP contribution in [0.5, 0.6) is 5.75 Å². The van der Waals surface area contributed by atoms with Crippen LogP contribution in [-0.4, -0.2) is 48.1 Å². The van der Waals surface area contributed by atoms with Crippen LogP contribution in [0.15, 0.2) is 55.3 Å². The number of nitrogens with one attached hydrogen (secondary N) is 3. The Morgan fingerprint density at radius 2 is 1.95 bits per heavy atom. The number of anilines is 3. The van der Waals surface area contributed by atoms with Crippen molar-refractivity contribution in [2.24, 2.45) is 0 Å². The van der Waals surface area contributed by atoms with Crippen molar-refractivity contribution in [3.05, 3.63) is 70.9 Å². The number of hydrogen-bond acceptors (Lipinski definition) is 5. The zero-order valence-electron chi connectivity index (χ0n) is 20.8. The van der Waals surface area contributed by atoms with Gasteiger partial charge in [-0.2, -0.15) is 0 Å². The van der Waals surface area contributed by atoms with E-state index < -0.39 is 0 Å². The van der Waals surface area contributed by atoms with Gasteiger partial charge in [0.1, 0.15) is 5.75 Å². The monoisotopic (exact) mass is 551 g/mol. The Balaban J connectivity index is 1.45. The lowest BCUT2D eigenvalue weighted by Crippen LogP contribution is -2.33. The predicted molar refractivity (Wildman–Crippen MR) is 153 cm³/mol. The van der Waals surface area contributed by atoms with E-state index in [0.717, 1.165) is 40.6 Å². The molecule has 196 valence electrons. The van der Waals surface area contributed by atoms with E-state index in [1.807, 2.05) is 24.3 Å². The molecule has 1 saturated carbocycles. The molecule has 0 bridgehead atoms. The lowest BCUT2D eigenvalue weighted by atomic mass is 9.96. The van der Waals surface area contributed by atoms with Gasteiger partial charge in [-0.15, -0.1) is 0 Å². The molecule has 3 amide bonds. The van der Waals surface area contributed by atoms with E-state index in [0.29, 0.717) is 46.7 Å². The number of methoxy groups -OCH3 is 1. The van der Waals surface area contributed by atoms with Crippen LogP contribution in [0.1, 0.15) is 24.8 Å². The molecule has 0 radical (unpaired) electrons. The number of halogens is 2. The van der Waals surface area contributed by atoms with Crippen molar-refractivity contribution in [2.45, 2.75) is 25.3 Å². The van der Waals surface area contributed by atoms with E-state index >= 15 is 0 Å². The number of carbonyl (C=O) groups excluding carboxylic acids is 2. The quantitative estimate of drug-likeness (QED) is 0.296. The SMILES string of the molecule is C=CC(=O)N1CC=C(c2cc3c(Nc4c(Cl)cc(NC(=O)NC5CC5)cc4Cl)ccnc3cc2OC)CC1. The Kier molecular flexibility index (Phi) is 7.44. The van der Waals surface area contributed by atoms with E-state index in [1.165, 1.54) is 6.08 Å². The Hall–Kier alpha value is -3.75. The average molecular weight is 552 g/mol. The molecule has 8 nitrogen and oxygen atoms in total. The fourth-order valence-corrected chi connectivity index (χ4v) is 5.01. The van der Waals surface area contributed by atoms with Gasteiger partial charge in [0.15, 0.2) is 0 Å². The summed E-state index contributed by atoms with van der Waals surface area (Å²) in [5.74, 6) is 0.618. The van der Waals surface area contributed by atoms with Gasteiger partial charge in [-0.05, 0) is 55.2 Å². The highest BCUT2D eigenvalue weighted by Gasteiger charge is 2.24. The first-order valence-electron chi connectivity index (χ1n) is 12.3. The van der Waals surface area contributed by atoms with Crippen LogP contribution >= 0.6 is 23.2 Å². The minimum Gasteiger partial charge on any atom is -0.496 e. The Labute approximate surface area is 230 Å². The summed E-state index contributed by atoms with van der Waals surface area (Å²) in [5.41, 5.74) is 4.53. The van der Waals surface area contributed by atoms with Crippen LogP contribution in [0.25, 0.3) is 16.5 Å². The summed E-state index contributed by atoms with van der Waals surface area (Å²) in [7, 11) is 1.63. The van der Waals surface area contributed by atoms with Gasteiger partial charge in [0, 0.05) is 53.7 Å². The van der Waals surface area contributed by atoms with Crippen LogP contribution < -0.4 is 20.7 Å². The maximum Gasteiger partial charge on any atom is 0.319 e. The zero-order chi connectivity index (χ0) is 26.8. The number of hydrogen-bond donors (Lipinski definition) is 3. The highest BCUT2D eigenvalue weighted by molar-refractivity contribution is 6.40. The summed E-state index contributed by atoms with van der Waals surface area (Å²) < 4.78 is 5.69. The molecule has 0 unspecified atom stereocenters. The topological polar surface area (TPSA) is 95.6 Å². The molecule has 3 aromatic rings. The third kappa shape index (κ3) is 5.56. The number of amides is 3. The number of pyridine rings is 1. The lowest BCUT2D eigenvalue weighted by molar-refractivity contribution is -0.125. The fourth-order valence-electron chi connectivity index (χ4n) is 4.42. The molecule has 2 heterocycles. The van der Waals surface area contributed by atoms with Crippen molar-refractivity contribution in [3.63, 3.8) is 0 Å². The van der Waals surface area contributed by atoms with Gasteiger partial charge in [-0.3, -0.25) is 9.78 Å². The predicted octanol–water partition coefficient (Wildman–Crippen LogP) is 6.38. The molecule has 38 heavy (non-hydrogen) atoms. The smallest absolute Gasteiger partial charge is 0.319 e. The average Bonchev–Trinajstić information content (AvgIpc) is 3.73. The first-order chi connectivity index (χ1) is 18.4. The summed E-state index contributed by atoms with van der Waals surface area (Å²) in [5, 5.41) is 10.6. The van der Waals surface area contributed by atoms with Gasteiger partial charge < -0.3 is 25.6 Å². The van der Waals surface area contributed by atoms with Crippen molar-refractivity contribution in [2.75, 3.05) is 30.8 Å². The highest BCUT2D eigenvalue weighted by Crippen LogP contribution is 2.40. The third-order valence-electron chi connectivity index (χ3n) is 6.58. The van der Waals surface area contributed by atoms with Gasteiger partial charge in [-0.1, -0.05) is 35.9 Å². The normalized spacial score (nSPS) is 15.0. The van der Waals surface area contributed by atoms with E-state index in [1.54, 1.807) is 30.3 Å². The molecule has 1 aliphatic carbocycles. The molecule has 1 aliphatic heterocycles. The number of aromatic nitrogens is 1. The fraction of sp³-hybridized carbons (Fsp3) is 0.250. The van der Waals surface area contributed by atoms with Crippen LogP contribution in [0.2, 0.25) is 10.0 Å². The van der Waals surface area contributed by atoms with Crippen molar-refractivity contribution in [1.82, 2.24) is 15.2 Å². The van der Waals surface area contributed by atoms with Crippen molar-refractivity contribution in [1.29, 1.82) is 0 Å². The van der Waals surface area contributed by atoms with Gasteiger partial charge in [0.25, 0.3) is 0 Å². The number of nitrogens with zero attached hydrogens (tertiary/aromatic N) is 2. The molecule has 0 atom stereocenters. The second kappa shape index (κ2) is 10.9. The van der Waals surface area contributed by atoms with Gasteiger partial charge in [0.05, 0.1) is 28.4 Å². The maximum absolute atomic E-state index is 12.1. The second-order valence-electron chi connectivity index (χ2n) is 9.21. The third-order valence-corrected chi connectivity index (χ3v) is 7.17. The number of benzene rings is 2. The highest BCUT2D eigenvalue weighted by atomic mass is 35.5. The van der Waals surface area contributed by atoms with Crippen LogP contribution in [-0.2, 0) is 4.79 Å². The van der Waals surface area contributed by atoms with E-state index in [2.05, 4.69) is 27.5 Å². The molecular formula is C28H27Cl2N5O3. The second-order valence-corrected chi connectivity index (χ2v) is 10.0. The van der Waals surface area contributed by atoms with Crippen LogP contribution in [0.4, 0.5) is 21.9 Å². The first-order valence-corrected chi connectivity index (χ1v) is 13.0. The van der Waals surface area contributed by atoms with E-state index in [-0.39, 0.29) is 18.0 Å². The minimum absolute atomic E-state index is 0.0834. The van der Waals surface area contributed by atoms with Crippen molar-refractivity contribution in [3.8, 4) is 5.75 Å². The van der Waals surface area contributed by atoms with Gasteiger partial charge in [-0.25, -0.2) is 4.79 Å². The lowest BCUT2D eigenvalue weighted by Gasteiger charge is -2.26. The maximum atomic E-state index is 12.1. The summed E-state index contributed by atoms with van der Waals surface area (Å²) >= 11 is 13.2. The molecule has 1 aromatic heterocycles. The molecule has 2 aliphatic rings. The van der Waals surface area contributed by atoms with Gasteiger partial charge in [0.2, 0.25) is 5.91 Å². The number of ether oxygens (including phenoxy) is 1. The Morgan fingerprint density at radius 3 is 2.58 bits per heavy atom. The molecule has 3 N–H and O–H groups in total. The Morgan fingerprint density at radius 1 is 1.18 bits per heavy atom. The number of rotatable bonds is 7. The number of carbonyl (C=O) groups is 2. The molecular weight excluding hydrogens is 525 g/mol. The molecule has 1 fully saturated rings. The zero-order valence-corrected chi connectivity index (χ0v) is 22.3. The van der Waals surface area contributed by atoms with E-state index in [4.69, 9.17) is 27.9 Å². The molecule has 0 saturated heterocycles. The molecule has 0 spiro atoms. The minimum atomic E-state index is -0.282. The summed E-state index contributed by atoms with van der Waals surface area (Å²) in [4.78, 5) is 30.4. The van der Waals surface area contributed by atoms with E-state index in [9.17, 15) is 9.59 Å². The summed E-state index contributed by atoms with van der Waals surface area (Å²) in [6.45, 7) is 4.68. The summed E-state index contributed by atoms with van der Waals surface area (Å²) in [6, 6.07) is 9.04. The molecule has 5 rings (SSSR count). The van der Waals surface area contributed by atoms with Crippen LogP contribution in [0, 0.1) is 0 Å². The number of urea groups is 1. The van der Waals surface area contributed by atoms with Crippen LogP contribution in [0.3, 0.4) is 0 Å².